The van der Waals surface area contributed by atoms with Crippen molar-refractivity contribution in [1.82, 2.24) is 0 Å². The second-order valence-electron chi connectivity index (χ2n) is 5.45. The topological polar surface area (TPSA) is 35.2 Å². The van der Waals surface area contributed by atoms with Gasteiger partial charge in [-0.15, -0.1) is 0 Å². The van der Waals surface area contributed by atoms with Gasteiger partial charge in [0, 0.05) is 6.04 Å². The van der Waals surface area contributed by atoms with Gasteiger partial charge in [0.05, 0.1) is 0 Å². The molecule has 0 amide bonds. The van der Waals surface area contributed by atoms with Crippen molar-refractivity contribution in [3.8, 4) is 5.75 Å². The molecule has 112 valence electrons. The van der Waals surface area contributed by atoms with E-state index < -0.39 is 0 Å². The predicted octanol–water partition coefficient (Wildman–Crippen LogP) is 4.70. The molecule has 0 heterocycles. The Morgan fingerprint density at radius 3 is 2.33 bits per heavy atom. The molecule has 0 fully saturated rings. The van der Waals surface area contributed by atoms with Crippen LogP contribution >= 0.6 is 0 Å². The lowest BCUT2D eigenvalue weighted by molar-refractivity contribution is 0.305. The van der Waals surface area contributed by atoms with E-state index in [0.717, 1.165) is 24.2 Å². The van der Waals surface area contributed by atoms with Gasteiger partial charge >= 0.3 is 0 Å². The first kappa shape index (κ1) is 15.6. The fourth-order valence-electron chi connectivity index (χ4n) is 2.62. The zero-order valence-corrected chi connectivity index (χ0v) is 13.0. The normalized spacial score (nSPS) is 12.4. The molecule has 0 aliphatic heterocycles. The van der Waals surface area contributed by atoms with Crippen molar-refractivity contribution in [1.29, 1.82) is 0 Å². The van der Waals surface area contributed by atoms with Gasteiger partial charge in [0.2, 0.25) is 0 Å². The fraction of sp³-hybridized carbons (Fsp3) is 0.368. The highest BCUT2D eigenvalue weighted by Crippen LogP contribution is 2.27. The summed E-state index contributed by atoms with van der Waals surface area (Å²) in [5.74, 6) is 1.41. The van der Waals surface area contributed by atoms with Crippen molar-refractivity contribution >= 4 is 0 Å². The quantitative estimate of drug-likeness (QED) is 0.799. The first-order valence-electron chi connectivity index (χ1n) is 7.76. The van der Waals surface area contributed by atoms with Crippen LogP contribution < -0.4 is 10.5 Å². The summed E-state index contributed by atoms with van der Waals surface area (Å²) in [5.41, 5.74) is 8.72. The Balaban J connectivity index is 2.03. The molecule has 2 nitrogen and oxygen atoms in total. The van der Waals surface area contributed by atoms with E-state index in [1.165, 1.54) is 5.56 Å². The summed E-state index contributed by atoms with van der Waals surface area (Å²) >= 11 is 0. The second-order valence-corrected chi connectivity index (χ2v) is 5.45. The van der Waals surface area contributed by atoms with Crippen LogP contribution in [0.4, 0.5) is 0 Å². The number of rotatable bonds is 7. The van der Waals surface area contributed by atoms with Crippen LogP contribution in [0, 0.1) is 5.92 Å². The summed E-state index contributed by atoms with van der Waals surface area (Å²) in [6.07, 6.45) is 2.21. The minimum absolute atomic E-state index is 0.0836. The average molecular weight is 283 g/mol. The van der Waals surface area contributed by atoms with Gasteiger partial charge in [0.1, 0.15) is 12.4 Å². The van der Waals surface area contributed by atoms with Crippen LogP contribution in [-0.4, -0.2) is 0 Å². The van der Waals surface area contributed by atoms with E-state index in [4.69, 9.17) is 10.5 Å². The van der Waals surface area contributed by atoms with Gasteiger partial charge in [0.25, 0.3) is 0 Å². The Morgan fingerprint density at radius 2 is 1.67 bits per heavy atom. The summed E-state index contributed by atoms with van der Waals surface area (Å²) in [6, 6.07) is 18.5. The van der Waals surface area contributed by atoms with Gasteiger partial charge in [-0.3, -0.25) is 0 Å². The Morgan fingerprint density at radius 1 is 0.952 bits per heavy atom. The van der Waals surface area contributed by atoms with Crippen molar-refractivity contribution in [2.45, 2.75) is 39.3 Å². The molecular weight excluding hydrogens is 258 g/mol. The van der Waals surface area contributed by atoms with Crippen LogP contribution in [0.5, 0.6) is 5.75 Å². The summed E-state index contributed by atoms with van der Waals surface area (Å²) < 4.78 is 5.87. The van der Waals surface area contributed by atoms with Crippen LogP contribution in [0.1, 0.15) is 43.9 Å². The van der Waals surface area contributed by atoms with E-state index in [1.807, 2.05) is 30.3 Å². The first-order chi connectivity index (χ1) is 10.2. The predicted molar refractivity (Wildman–Crippen MR) is 88.2 cm³/mol. The third-order valence-electron chi connectivity index (χ3n) is 4.05. The Hall–Kier alpha value is -1.80. The molecule has 0 aliphatic rings. The highest BCUT2D eigenvalue weighted by Gasteiger charge is 2.16. The Labute approximate surface area is 127 Å². The van der Waals surface area contributed by atoms with Crippen molar-refractivity contribution in [3.05, 3.63) is 65.7 Å². The largest absolute Gasteiger partial charge is 0.489 e. The first-order valence-corrected chi connectivity index (χ1v) is 7.76. The minimum atomic E-state index is 0.0836. The molecular formula is C19H25NO. The van der Waals surface area contributed by atoms with Gasteiger partial charge < -0.3 is 10.5 Å². The van der Waals surface area contributed by atoms with Gasteiger partial charge in [-0.1, -0.05) is 69.2 Å². The van der Waals surface area contributed by atoms with Crippen molar-refractivity contribution in [2.75, 3.05) is 0 Å². The van der Waals surface area contributed by atoms with Gasteiger partial charge in [0.15, 0.2) is 0 Å². The number of hydrogen-bond acceptors (Lipinski definition) is 2. The van der Waals surface area contributed by atoms with Crippen LogP contribution in [0.2, 0.25) is 0 Å². The van der Waals surface area contributed by atoms with E-state index in [9.17, 15) is 0 Å². The molecule has 1 unspecified atom stereocenters. The fourth-order valence-corrected chi connectivity index (χ4v) is 2.62. The third kappa shape index (κ3) is 4.33. The molecule has 0 bridgehead atoms. The summed E-state index contributed by atoms with van der Waals surface area (Å²) in [6.45, 7) is 4.98. The van der Waals surface area contributed by atoms with E-state index >= 15 is 0 Å². The molecule has 0 aliphatic carbocycles. The summed E-state index contributed by atoms with van der Waals surface area (Å²) in [4.78, 5) is 0. The minimum Gasteiger partial charge on any atom is -0.489 e. The maximum Gasteiger partial charge on any atom is 0.120 e. The third-order valence-corrected chi connectivity index (χ3v) is 4.05. The molecule has 2 heteroatoms. The molecule has 2 rings (SSSR count). The number of hydrogen-bond donors (Lipinski definition) is 1. The molecule has 2 N–H and O–H groups in total. The van der Waals surface area contributed by atoms with Crippen molar-refractivity contribution in [2.24, 2.45) is 11.7 Å². The SMILES string of the molecule is CCC(CC)C(N)c1cccc(OCc2ccccc2)c1. The Kier molecular flexibility index (Phi) is 5.82. The number of benzene rings is 2. The molecule has 21 heavy (non-hydrogen) atoms. The van der Waals surface area contributed by atoms with E-state index in [-0.39, 0.29) is 6.04 Å². The van der Waals surface area contributed by atoms with Crippen molar-refractivity contribution < 1.29 is 4.74 Å². The molecule has 1 atom stereocenters. The maximum absolute atomic E-state index is 6.38. The van der Waals surface area contributed by atoms with Gasteiger partial charge in [-0.05, 0) is 29.2 Å². The molecule has 0 aromatic heterocycles. The molecule has 2 aromatic rings. The lowest BCUT2D eigenvalue weighted by atomic mass is 9.89. The van der Waals surface area contributed by atoms with Crippen LogP contribution in [0.3, 0.4) is 0 Å². The monoisotopic (exact) mass is 283 g/mol. The zero-order valence-electron chi connectivity index (χ0n) is 13.0. The zero-order chi connectivity index (χ0) is 15.1. The summed E-state index contributed by atoms with van der Waals surface area (Å²) in [7, 11) is 0. The van der Waals surface area contributed by atoms with Gasteiger partial charge in [-0.25, -0.2) is 0 Å². The highest BCUT2D eigenvalue weighted by atomic mass is 16.5. The van der Waals surface area contributed by atoms with E-state index in [0.29, 0.717) is 12.5 Å². The maximum atomic E-state index is 6.38. The lowest BCUT2D eigenvalue weighted by Gasteiger charge is -2.22. The Bertz CT molecular complexity index is 534. The molecule has 0 saturated heterocycles. The van der Waals surface area contributed by atoms with Crippen LogP contribution in [0.15, 0.2) is 54.6 Å². The standard InChI is InChI=1S/C19H25NO/c1-3-16(4-2)19(20)17-11-8-12-18(13-17)21-14-15-9-6-5-7-10-15/h5-13,16,19H,3-4,14,20H2,1-2H3. The molecule has 0 saturated carbocycles. The van der Waals surface area contributed by atoms with Crippen LogP contribution in [-0.2, 0) is 6.61 Å². The number of nitrogens with two attached hydrogens (primary N) is 1. The second kappa shape index (κ2) is 7.84. The van der Waals surface area contributed by atoms with E-state index in [2.05, 4.69) is 38.1 Å². The molecule has 0 radical (unpaired) electrons. The highest BCUT2D eigenvalue weighted by molar-refractivity contribution is 5.31. The van der Waals surface area contributed by atoms with Crippen LogP contribution in [0.25, 0.3) is 0 Å². The van der Waals surface area contributed by atoms with E-state index in [1.54, 1.807) is 0 Å². The van der Waals surface area contributed by atoms with Gasteiger partial charge in [-0.2, -0.15) is 0 Å². The lowest BCUT2D eigenvalue weighted by Crippen LogP contribution is -2.20. The summed E-state index contributed by atoms with van der Waals surface area (Å²) in [5, 5.41) is 0. The number of ether oxygens (including phenoxy) is 1. The smallest absolute Gasteiger partial charge is 0.120 e. The molecule has 2 aromatic carbocycles. The van der Waals surface area contributed by atoms with Crippen molar-refractivity contribution in [3.63, 3.8) is 0 Å². The average Bonchev–Trinajstić information content (AvgIpc) is 2.55. The molecule has 0 spiro atoms.